The van der Waals surface area contributed by atoms with E-state index in [1.807, 2.05) is 7.05 Å². The van der Waals surface area contributed by atoms with Crippen molar-refractivity contribution in [3.63, 3.8) is 0 Å². The number of amides is 1. The molecule has 0 aliphatic rings. The van der Waals surface area contributed by atoms with E-state index >= 15 is 0 Å². The molecule has 88 valence electrons. The van der Waals surface area contributed by atoms with Crippen LogP contribution in [0.4, 0.5) is 0 Å². The molecule has 0 saturated heterocycles. The maximum Gasteiger partial charge on any atom is 0.245 e. The fraction of sp³-hybridized carbons (Fsp3) is 0.750. The zero-order chi connectivity index (χ0) is 11.7. The van der Waals surface area contributed by atoms with Gasteiger partial charge in [-0.25, -0.2) is 0 Å². The largest absolute Gasteiger partial charge is 0.342 e. The topological polar surface area (TPSA) is 23.6 Å². The first-order valence-corrected chi connectivity index (χ1v) is 5.60. The van der Waals surface area contributed by atoms with Crippen molar-refractivity contribution in [2.75, 3.05) is 34.2 Å². The van der Waals surface area contributed by atoms with Crippen molar-refractivity contribution in [3.05, 3.63) is 12.7 Å². The van der Waals surface area contributed by atoms with Crippen LogP contribution in [0.15, 0.2) is 12.7 Å². The van der Waals surface area contributed by atoms with E-state index < -0.39 is 0 Å². The van der Waals surface area contributed by atoms with Gasteiger partial charge in [0.05, 0.1) is 0 Å². The number of carbonyl (C=O) groups is 1. The number of nitrogens with zero attached hydrogens (tertiary/aromatic N) is 2. The van der Waals surface area contributed by atoms with Crippen molar-refractivity contribution in [1.29, 1.82) is 0 Å². The zero-order valence-electron chi connectivity index (χ0n) is 10.3. The van der Waals surface area contributed by atoms with Gasteiger partial charge in [0.15, 0.2) is 0 Å². The Kier molecular flexibility index (Phi) is 8.01. The Bertz CT molecular complexity index is 190. The van der Waals surface area contributed by atoms with Gasteiger partial charge in [0.1, 0.15) is 0 Å². The molecule has 0 aliphatic carbocycles. The Morgan fingerprint density at radius 1 is 1.07 bits per heavy atom. The third-order valence-electron chi connectivity index (χ3n) is 2.40. The Morgan fingerprint density at radius 2 is 1.60 bits per heavy atom. The van der Waals surface area contributed by atoms with Gasteiger partial charge in [-0.05, 0) is 39.6 Å². The summed E-state index contributed by atoms with van der Waals surface area (Å²) in [4.78, 5) is 15.0. The van der Waals surface area contributed by atoms with E-state index in [1.54, 1.807) is 4.90 Å². The standard InChI is InChI=1S/C12H24N2O/c1-5-12(15)14(4)11-9-7-6-8-10-13(2)3/h5H,1,6-11H2,2-4H3. The van der Waals surface area contributed by atoms with Gasteiger partial charge in [-0.3, -0.25) is 4.79 Å². The van der Waals surface area contributed by atoms with Gasteiger partial charge in [-0.1, -0.05) is 19.4 Å². The molecule has 15 heavy (non-hydrogen) atoms. The van der Waals surface area contributed by atoms with Crippen LogP contribution in [0.2, 0.25) is 0 Å². The van der Waals surface area contributed by atoms with Crippen molar-refractivity contribution < 1.29 is 4.79 Å². The summed E-state index contributed by atoms with van der Waals surface area (Å²) < 4.78 is 0. The van der Waals surface area contributed by atoms with Crippen LogP contribution in [0.1, 0.15) is 25.7 Å². The Balaban J connectivity index is 3.31. The lowest BCUT2D eigenvalue weighted by atomic mass is 10.2. The molecule has 0 spiro atoms. The molecule has 0 bridgehead atoms. The molecule has 0 saturated carbocycles. The summed E-state index contributed by atoms with van der Waals surface area (Å²) in [6.07, 6.45) is 6.14. The molecule has 0 aliphatic heterocycles. The molecular formula is C12H24N2O. The number of unbranched alkanes of at least 4 members (excludes halogenated alkanes) is 3. The van der Waals surface area contributed by atoms with E-state index in [4.69, 9.17) is 0 Å². The van der Waals surface area contributed by atoms with E-state index in [0.29, 0.717) is 0 Å². The first-order chi connectivity index (χ1) is 7.07. The fourth-order valence-electron chi connectivity index (χ4n) is 1.40. The summed E-state index contributed by atoms with van der Waals surface area (Å²) in [5.74, 6) is 0.0169. The molecule has 0 fully saturated rings. The lowest BCUT2D eigenvalue weighted by Crippen LogP contribution is -2.25. The molecule has 0 unspecified atom stereocenters. The minimum atomic E-state index is 0.0169. The first kappa shape index (κ1) is 14.2. The van der Waals surface area contributed by atoms with Crippen LogP contribution in [0.25, 0.3) is 0 Å². The van der Waals surface area contributed by atoms with Crippen LogP contribution >= 0.6 is 0 Å². The van der Waals surface area contributed by atoms with Gasteiger partial charge in [-0.15, -0.1) is 0 Å². The number of rotatable bonds is 8. The highest BCUT2D eigenvalue weighted by atomic mass is 16.2. The minimum absolute atomic E-state index is 0.0169. The summed E-state index contributed by atoms with van der Waals surface area (Å²) in [5.41, 5.74) is 0. The summed E-state index contributed by atoms with van der Waals surface area (Å²) >= 11 is 0. The molecule has 0 radical (unpaired) electrons. The molecule has 0 aromatic heterocycles. The molecule has 0 N–H and O–H groups in total. The first-order valence-electron chi connectivity index (χ1n) is 5.60. The fourth-order valence-corrected chi connectivity index (χ4v) is 1.40. The van der Waals surface area contributed by atoms with Crippen LogP contribution in [0.3, 0.4) is 0 Å². The van der Waals surface area contributed by atoms with Crippen LogP contribution < -0.4 is 0 Å². The molecule has 0 aromatic carbocycles. The molecule has 3 nitrogen and oxygen atoms in total. The smallest absolute Gasteiger partial charge is 0.245 e. The van der Waals surface area contributed by atoms with Gasteiger partial charge in [0.25, 0.3) is 0 Å². The average molecular weight is 212 g/mol. The molecule has 0 aromatic rings. The molecule has 1 amide bonds. The molecule has 3 heteroatoms. The van der Waals surface area contributed by atoms with E-state index in [2.05, 4.69) is 25.6 Å². The zero-order valence-corrected chi connectivity index (χ0v) is 10.3. The van der Waals surface area contributed by atoms with Crippen LogP contribution in [0, 0.1) is 0 Å². The third-order valence-corrected chi connectivity index (χ3v) is 2.40. The molecule has 0 atom stereocenters. The average Bonchev–Trinajstić information content (AvgIpc) is 2.21. The number of hydrogen-bond acceptors (Lipinski definition) is 2. The van der Waals surface area contributed by atoms with Gasteiger partial charge in [-0.2, -0.15) is 0 Å². The minimum Gasteiger partial charge on any atom is -0.342 e. The van der Waals surface area contributed by atoms with Gasteiger partial charge < -0.3 is 9.80 Å². The summed E-state index contributed by atoms with van der Waals surface area (Å²) in [6, 6.07) is 0. The van der Waals surface area contributed by atoms with E-state index in [1.165, 1.54) is 25.3 Å². The second-order valence-corrected chi connectivity index (χ2v) is 4.18. The maximum absolute atomic E-state index is 11.1. The highest BCUT2D eigenvalue weighted by Gasteiger charge is 2.02. The van der Waals surface area contributed by atoms with Crippen molar-refractivity contribution in [2.45, 2.75) is 25.7 Å². The number of hydrogen-bond donors (Lipinski definition) is 0. The summed E-state index contributed by atoms with van der Waals surface area (Å²) in [6.45, 7) is 5.46. The molecular weight excluding hydrogens is 188 g/mol. The van der Waals surface area contributed by atoms with E-state index in [-0.39, 0.29) is 5.91 Å². The quantitative estimate of drug-likeness (QED) is 0.452. The summed E-state index contributed by atoms with van der Waals surface area (Å²) in [5, 5.41) is 0. The van der Waals surface area contributed by atoms with Crippen molar-refractivity contribution in [1.82, 2.24) is 9.80 Å². The predicted octanol–water partition coefficient (Wildman–Crippen LogP) is 1.75. The number of carbonyl (C=O) groups excluding carboxylic acids is 1. The predicted molar refractivity (Wildman–Crippen MR) is 64.9 cm³/mol. The SMILES string of the molecule is C=CC(=O)N(C)CCCCCCN(C)C. The van der Waals surface area contributed by atoms with Crippen molar-refractivity contribution in [3.8, 4) is 0 Å². The molecule has 0 rings (SSSR count). The van der Waals surface area contributed by atoms with Crippen molar-refractivity contribution in [2.24, 2.45) is 0 Å². The van der Waals surface area contributed by atoms with E-state index in [9.17, 15) is 4.79 Å². The third kappa shape index (κ3) is 8.18. The maximum atomic E-state index is 11.1. The van der Waals surface area contributed by atoms with Gasteiger partial charge in [0.2, 0.25) is 5.91 Å². The van der Waals surface area contributed by atoms with Crippen molar-refractivity contribution >= 4 is 5.91 Å². The molecule has 0 heterocycles. The van der Waals surface area contributed by atoms with Gasteiger partial charge in [0, 0.05) is 13.6 Å². The normalized spacial score (nSPS) is 10.4. The highest BCUT2D eigenvalue weighted by molar-refractivity contribution is 5.86. The lowest BCUT2D eigenvalue weighted by Gasteiger charge is -2.14. The second-order valence-electron chi connectivity index (χ2n) is 4.18. The summed E-state index contributed by atoms with van der Waals surface area (Å²) in [7, 11) is 6.01. The highest BCUT2D eigenvalue weighted by Crippen LogP contribution is 2.01. The van der Waals surface area contributed by atoms with Gasteiger partial charge >= 0.3 is 0 Å². The lowest BCUT2D eigenvalue weighted by molar-refractivity contribution is -0.124. The Hall–Kier alpha value is -0.830. The monoisotopic (exact) mass is 212 g/mol. The van der Waals surface area contributed by atoms with Crippen LogP contribution in [-0.4, -0.2) is 49.9 Å². The van der Waals surface area contributed by atoms with Crippen LogP contribution in [-0.2, 0) is 4.79 Å². The number of likely N-dealkylation sites (N-methyl/N-ethyl adjacent to an activating group) is 1. The van der Waals surface area contributed by atoms with E-state index in [0.717, 1.165) is 19.5 Å². The second kappa shape index (κ2) is 8.48. The van der Waals surface area contributed by atoms with Crippen LogP contribution in [0.5, 0.6) is 0 Å². The Morgan fingerprint density at radius 3 is 2.07 bits per heavy atom. The Labute approximate surface area is 93.7 Å².